The van der Waals surface area contributed by atoms with E-state index < -0.39 is 6.10 Å². The molecule has 1 atom stereocenters. The maximum absolute atomic E-state index is 12.2. The maximum atomic E-state index is 12.2. The lowest BCUT2D eigenvalue weighted by Crippen LogP contribution is -2.30. The highest BCUT2D eigenvalue weighted by molar-refractivity contribution is 5.94. The molecule has 2 aromatic rings. The average Bonchev–Trinajstić information content (AvgIpc) is 2.97. The minimum absolute atomic E-state index is 0.208. The molecule has 0 aromatic heterocycles. The van der Waals surface area contributed by atoms with Crippen molar-refractivity contribution >= 4 is 11.6 Å². The van der Waals surface area contributed by atoms with Gasteiger partial charge in [-0.3, -0.25) is 4.79 Å². The number of ether oxygens (including phenoxy) is 3. The van der Waals surface area contributed by atoms with Gasteiger partial charge in [0.05, 0.1) is 0 Å². The predicted molar refractivity (Wildman–Crippen MR) is 82.5 cm³/mol. The van der Waals surface area contributed by atoms with Crippen LogP contribution in [0.15, 0.2) is 42.5 Å². The number of para-hydroxylation sites is 1. The van der Waals surface area contributed by atoms with Crippen molar-refractivity contribution in [3.63, 3.8) is 0 Å². The van der Waals surface area contributed by atoms with E-state index in [0.29, 0.717) is 22.9 Å². The van der Waals surface area contributed by atoms with Crippen LogP contribution >= 0.6 is 0 Å². The van der Waals surface area contributed by atoms with E-state index in [4.69, 9.17) is 14.2 Å². The summed E-state index contributed by atoms with van der Waals surface area (Å²) in [5.74, 6) is 1.80. The van der Waals surface area contributed by atoms with Crippen LogP contribution in [0.3, 0.4) is 0 Å². The number of nitrogens with one attached hydrogen (secondary N) is 1. The molecule has 1 aliphatic heterocycles. The van der Waals surface area contributed by atoms with Crippen molar-refractivity contribution in [2.24, 2.45) is 0 Å². The van der Waals surface area contributed by atoms with Gasteiger partial charge in [0.1, 0.15) is 5.75 Å². The van der Waals surface area contributed by atoms with Crippen LogP contribution in [0.4, 0.5) is 5.69 Å². The molecule has 0 saturated carbocycles. The molecule has 0 saturated heterocycles. The zero-order valence-electron chi connectivity index (χ0n) is 12.5. The van der Waals surface area contributed by atoms with Crippen LogP contribution in [0.2, 0.25) is 0 Å². The summed E-state index contributed by atoms with van der Waals surface area (Å²) in [5.41, 5.74) is 1.64. The molecule has 0 spiro atoms. The first kappa shape index (κ1) is 14.3. The molecule has 0 fully saturated rings. The van der Waals surface area contributed by atoms with Gasteiger partial charge in [0.2, 0.25) is 6.79 Å². The SMILES string of the molecule is Cc1ccccc1O[C@@H](C)C(=O)Nc1ccc2c(c1)OCO2. The Labute approximate surface area is 128 Å². The number of fused-ring (bicyclic) bond motifs is 1. The molecule has 5 heteroatoms. The lowest BCUT2D eigenvalue weighted by Gasteiger charge is -2.16. The number of carbonyl (C=O) groups excluding carboxylic acids is 1. The first-order valence-corrected chi connectivity index (χ1v) is 7.06. The number of anilines is 1. The third-order valence-electron chi connectivity index (χ3n) is 3.41. The Hall–Kier alpha value is -2.69. The van der Waals surface area contributed by atoms with Gasteiger partial charge in [-0.15, -0.1) is 0 Å². The Bertz CT molecular complexity index is 699. The zero-order valence-corrected chi connectivity index (χ0v) is 12.5. The minimum Gasteiger partial charge on any atom is -0.481 e. The highest BCUT2D eigenvalue weighted by Gasteiger charge is 2.18. The zero-order chi connectivity index (χ0) is 15.5. The second-order valence-electron chi connectivity index (χ2n) is 5.08. The van der Waals surface area contributed by atoms with Gasteiger partial charge < -0.3 is 19.5 Å². The Morgan fingerprint density at radius 2 is 1.95 bits per heavy atom. The summed E-state index contributed by atoms with van der Waals surface area (Å²) in [6.45, 7) is 3.87. The van der Waals surface area contributed by atoms with Gasteiger partial charge >= 0.3 is 0 Å². The van der Waals surface area contributed by atoms with Crippen LogP contribution < -0.4 is 19.5 Å². The van der Waals surface area contributed by atoms with Gasteiger partial charge in [-0.25, -0.2) is 0 Å². The lowest BCUT2D eigenvalue weighted by atomic mass is 10.2. The number of rotatable bonds is 4. The van der Waals surface area contributed by atoms with Gasteiger partial charge in [-0.2, -0.15) is 0 Å². The van der Waals surface area contributed by atoms with Crippen molar-refractivity contribution in [1.82, 2.24) is 0 Å². The van der Waals surface area contributed by atoms with Crippen LogP contribution in [-0.4, -0.2) is 18.8 Å². The fourth-order valence-corrected chi connectivity index (χ4v) is 2.15. The molecule has 1 heterocycles. The highest BCUT2D eigenvalue weighted by Crippen LogP contribution is 2.34. The van der Waals surface area contributed by atoms with Crippen molar-refractivity contribution in [3.05, 3.63) is 48.0 Å². The largest absolute Gasteiger partial charge is 0.481 e. The number of carbonyl (C=O) groups is 1. The topological polar surface area (TPSA) is 56.8 Å². The summed E-state index contributed by atoms with van der Waals surface area (Å²) in [5, 5.41) is 2.81. The third kappa shape index (κ3) is 2.98. The van der Waals surface area contributed by atoms with Crippen LogP contribution in [0.25, 0.3) is 0 Å². The molecule has 3 rings (SSSR count). The molecular weight excluding hydrogens is 282 g/mol. The fourth-order valence-electron chi connectivity index (χ4n) is 2.15. The Kier molecular flexibility index (Phi) is 3.87. The van der Waals surface area contributed by atoms with Gasteiger partial charge in [-0.05, 0) is 37.6 Å². The normalized spacial score (nSPS) is 13.5. The van der Waals surface area contributed by atoms with Gasteiger partial charge in [0.25, 0.3) is 5.91 Å². The third-order valence-corrected chi connectivity index (χ3v) is 3.41. The van der Waals surface area contributed by atoms with E-state index in [0.717, 1.165) is 5.56 Å². The van der Waals surface area contributed by atoms with Crippen LogP contribution in [0, 0.1) is 6.92 Å². The standard InChI is InChI=1S/C17H17NO4/c1-11-5-3-4-6-14(11)22-12(2)17(19)18-13-7-8-15-16(9-13)21-10-20-15/h3-9,12H,10H2,1-2H3,(H,18,19)/t12-/m0/s1. The quantitative estimate of drug-likeness (QED) is 0.942. The summed E-state index contributed by atoms with van der Waals surface area (Å²) in [6.07, 6.45) is -0.605. The molecule has 1 amide bonds. The van der Waals surface area contributed by atoms with Crippen LogP contribution in [-0.2, 0) is 4.79 Å². The van der Waals surface area contributed by atoms with E-state index in [2.05, 4.69) is 5.32 Å². The molecule has 22 heavy (non-hydrogen) atoms. The molecule has 0 radical (unpaired) electrons. The summed E-state index contributed by atoms with van der Waals surface area (Å²) in [4.78, 5) is 12.2. The van der Waals surface area contributed by atoms with Crippen LogP contribution in [0.5, 0.6) is 17.2 Å². The van der Waals surface area contributed by atoms with E-state index in [1.54, 1.807) is 25.1 Å². The van der Waals surface area contributed by atoms with Crippen LogP contribution in [0.1, 0.15) is 12.5 Å². The molecule has 2 aromatic carbocycles. The number of benzene rings is 2. The van der Waals surface area contributed by atoms with E-state index in [9.17, 15) is 4.79 Å². The Morgan fingerprint density at radius 3 is 2.77 bits per heavy atom. The number of hydrogen-bond donors (Lipinski definition) is 1. The molecule has 0 bridgehead atoms. The Balaban J connectivity index is 1.65. The second-order valence-corrected chi connectivity index (χ2v) is 5.08. The maximum Gasteiger partial charge on any atom is 0.265 e. The van der Waals surface area contributed by atoms with E-state index in [1.165, 1.54) is 0 Å². The first-order chi connectivity index (χ1) is 10.6. The highest BCUT2D eigenvalue weighted by atomic mass is 16.7. The molecule has 0 unspecified atom stereocenters. The first-order valence-electron chi connectivity index (χ1n) is 7.06. The average molecular weight is 299 g/mol. The molecule has 114 valence electrons. The van der Waals surface area contributed by atoms with E-state index in [-0.39, 0.29) is 12.7 Å². The predicted octanol–water partition coefficient (Wildman–Crippen LogP) is 3.13. The fraction of sp³-hybridized carbons (Fsp3) is 0.235. The summed E-state index contributed by atoms with van der Waals surface area (Å²) in [6, 6.07) is 12.9. The van der Waals surface area contributed by atoms with E-state index >= 15 is 0 Å². The monoisotopic (exact) mass is 299 g/mol. The van der Waals surface area contributed by atoms with Gasteiger partial charge in [0, 0.05) is 11.8 Å². The molecule has 5 nitrogen and oxygen atoms in total. The smallest absolute Gasteiger partial charge is 0.265 e. The van der Waals surface area contributed by atoms with Crippen molar-refractivity contribution < 1.29 is 19.0 Å². The van der Waals surface area contributed by atoms with Crippen molar-refractivity contribution in [3.8, 4) is 17.2 Å². The van der Waals surface area contributed by atoms with Crippen molar-refractivity contribution in [2.75, 3.05) is 12.1 Å². The van der Waals surface area contributed by atoms with Crippen molar-refractivity contribution in [1.29, 1.82) is 0 Å². The lowest BCUT2D eigenvalue weighted by molar-refractivity contribution is -0.122. The summed E-state index contributed by atoms with van der Waals surface area (Å²) < 4.78 is 16.2. The summed E-state index contributed by atoms with van der Waals surface area (Å²) >= 11 is 0. The van der Waals surface area contributed by atoms with Gasteiger partial charge in [-0.1, -0.05) is 18.2 Å². The molecular formula is C17H17NO4. The molecule has 0 aliphatic carbocycles. The molecule has 1 N–H and O–H groups in total. The van der Waals surface area contributed by atoms with Crippen molar-refractivity contribution in [2.45, 2.75) is 20.0 Å². The summed E-state index contributed by atoms with van der Waals surface area (Å²) in [7, 11) is 0. The number of aryl methyl sites for hydroxylation is 1. The number of amides is 1. The Morgan fingerprint density at radius 1 is 1.18 bits per heavy atom. The van der Waals surface area contributed by atoms with E-state index in [1.807, 2.05) is 31.2 Å². The second kappa shape index (κ2) is 5.97. The molecule has 1 aliphatic rings. The minimum atomic E-state index is -0.605. The number of hydrogen-bond acceptors (Lipinski definition) is 4. The van der Waals surface area contributed by atoms with Gasteiger partial charge in [0.15, 0.2) is 17.6 Å².